The number of anilines is 2. The minimum Gasteiger partial charge on any atom is -0.383 e. The molecule has 0 atom stereocenters. The van der Waals surface area contributed by atoms with Crippen LogP contribution in [0.2, 0.25) is 0 Å². The van der Waals surface area contributed by atoms with Crippen molar-refractivity contribution in [1.29, 1.82) is 0 Å². The number of nitrogens with one attached hydrogen (secondary N) is 1. The number of rotatable bonds is 2. The molecule has 0 bridgehead atoms. The van der Waals surface area contributed by atoms with Gasteiger partial charge in [0.25, 0.3) is 5.91 Å². The predicted octanol–water partition coefficient (Wildman–Crippen LogP) is 2.36. The summed E-state index contributed by atoms with van der Waals surface area (Å²) in [5.41, 5.74) is 6.71. The molecule has 0 unspecified atom stereocenters. The molecule has 0 spiro atoms. The number of halogens is 1. The maximum atomic E-state index is 13.4. The molecule has 92 valence electrons. The number of nitrogen functional groups attached to an aromatic ring is 1. The lowest BCUT2D eigenvalue weighted by atomic mass is 10.2. The van der Waals surface area contributed by atoms with Crippen LogP contribution >= 0.6 is 0 Å². The third kappa shape index (κ3) is 2.45. The fourth-order valence-electron chi connectivity index (χ4n) is 1.52. The third-order valence-electron chi connectivity index (χ3n) is 2.43. The van der Waals surface area contributed by atoms with Gasteiger partial charge in [0.2, 0.25) is 0 Å². The summed E-state index contributed by atoms with van der Waals surface area (Å²) in [7, 11) is 0. The van der Waals surface area contributed by atoms with E-state index in [1.54, 1.807) is 31.2 Å². The van der Waals surface area contributed by atoms with Gasteiger partial charge in [-0.2, -0.15) is 0 Å². The first-order chi connectivity index (χ1) is 8.58. The Morgan fingerprint density at radius 3 is 2.67 bits per heavy atom. The van der Waals surface area contributed by atoms with Crippen LogP contribution in [0.25, 0.3) is 0 Å². The van der Waals surface area contributed by atoms with Gasteiger partial charge in [0.05, 0.1) is 11.3 Å². The van der Waals surface area contributed by atoms with Gasteiger partial charge in [-0.05, 0) is 31.2 Å². The Morgan fingerprint density at radius 2 is 2.00 bits per heavy atom. The quantitative estimate of drug-likeness (QED) is 0.853. The minimum absolute atomic E-state index is 0.113. The van der Waals surface area contributed by atoms with E-state index in [1.807, 2.05) is 0 Å². The molecule has 0 saturated carbocycles. The van der Waals surface area contributed by atoms with Crippen LogP contribution in [0.3, 0.4) is 0 Å². The predicted molar refractivity (Wildman–Crippen MR) is 67.7 cm³/mol. The number of aromatic nitrogens is 1. The highest BCUT2D eigenvalue weighted by molar-refractivity contribution is 6.07. The first kappa shape index (κ1) is 12.0. The Hall–Kier alpha value is -2.43. The van der Waals surface area contributed by atoms with Crippen LogP contribution in [-0.4, -0.2) is 10.9 Å². The van der Waals surface area contributed by atoms with Gasteiger partial charge in [-0.15, -0.1) is 0 Å². The van der Waals surface area contributed by atoms with E-state index >= 15 is 0 Å². The monoisotopic (exact) mass is 245 g/mol. The third-order valence-corrected chi connectivity index (χ3v) is 2.43. The van der Waals surface area contributed by atoms with E-state index in [0.717, 1.165) is 5.69 Å². The summed E-state index contributed by atoms with van der Waals surface area (Å²) in [5.74, 6) is -0.849. The number of nitrogens with zero attached hydrogens (tertiary/aromatic N) is 1. The van der Waals surface area contributed by atoms with E-state index in [4.69, 9.17) is 5.73 Å². The van der Waals surface area contributed by atoms with Gasteiger partial charge in [-0.25, -0.2) is 9.37 Å². The largest absolute Gasteiger partial charge is 0.383 e. The summed E-state index contributed by atoms with van der Waals surface area (Å²) in [6, 6.07) is 9.17. The van der Waals surface area contributed by atoms with Crippen molar-refractivity contribution in [1.82, 2.24) is 4.98 Å². The van der Waals surface area contributed by atoms with E-state index in [1.165, 1.54) is 12.1 Å². The van der Waals surface area contributed by atoms with Gasteiger partial charge in [0.1, 0.15) is 11.6 Å². The number of pyridine rings is 1. The van der Waals surface area contributed by atoms with Crippen molar-refractivity contribution < 1.29 is 9.18 Å². The first-order valence-electron chi connectivity index (χ1n) is 5.37. The van der Waals surface area contributed by atoms with E-state index in [0.29, 0.717) is 0 Å². The fourth-order valence-corrected chi connectivity index (χ4v) is 1.52. The smallest absolute Gasteiger partial charge is 0.259 e. The molecule has 4 nitrogen and oxygen atoms in total. The molecule has 0 fully saturated rings. The zero-order valence-electron chi connectivity index (χ0n) is 9.77. The van der Waals surface area contributed by atoms with Crippen molar-refractivity contribution in [3.05, 3.63) is 53.5 Å². The molecule has 2 rings (SSSR count). The van der Waals surface area contributed by atoms with Gasteiger partial charge in [-0.1, -0.05) is 12.1 Å². The second-order valence-electron chi connectivity index (χ2n) is 3.82. The molecule has 3 N–H and O–H groups in total. The summed E-state index contributed by atoms with van der Waals surface area (Å²) in [5, 5.41) is 2.45. The Bertz CT molecular complexity index is 599. The highest BCUT2D eigenvalue weighted by Crippen LogP contribution is 2.16. The Morgan fingerprint density at radius 1 is 1.28 bits per heavy atom. The van der Waals surface area contributed by atoms with Crippen LogP contribution in [0.5, 0.6) is 0 Å². The molecule has 0 aliphatic carbocycles. The first-order valence-corrected chi connectivity index (χ1v) is 5.37. The number of nitrogens with two attached hydrogens (primary N) is 1. The van der Waals surface area contributed by atoms with Crippen LogP contribution < -0.4 is 11.1 Å². The number of amides is 1. The van der Waals surface area contributed by atoms with Crippen molar-refractivity contribution in [3.8, 4) is 0 Å². The standard InChI is InChI=1S/C13H12FN3O/c1-8-6-7-9(12(15)16-8)13(18)17-11-5-3-2-4-10(11)14/h2-7H,1H3,(H2,15,16)(H,17,18). The molecular weight excluding hydrogens is 233 g/mol. The lowest BCUT2D eigenvalue weighted by molar-refractivity contribution is 0.102. The Kier molecular flexibility index (Phi) is 3.23. The molecule has 0 aliphatic rings. The van der Waals surface area contributed by atoms with Gasteiger partial charge in [-0.3, -0.25) is 4.79 Å². The van der Waals surface area contributed by atoms with Crippen LogP contribution in [0, 0.1) is 12.7 Å². The molecule has 1 amide bonds. The van der Waals surface area contributed by atoms with Crippen LogP contribution in [0.4, 0.5) is 15.9 Å². The SMILES string of the molecule is Cc1ccc(C(=O)Nc2ccccc2F)c(N)n1. The number of para-hydroxylation sites is 1. The lowest BCUT2D eigenvalue weighted by Gasteiger charge is -2.08. The highest BCUT2D eigenvalue weighted by atomic mass is 19.1. The van der Waals surface area contributed by atoms with Gasteiger partial charge < -0.3 is 11.1 Å². The Balaban J connectivity index is 2.25. The zero-order valence-corrected chi connectivity index (χ0v) is 9.77. The number of benzene rings is 1. The van der Waals surface area contributed by atoms with Gasteiger partial charge in [0, 0.05) is 5.69 Å². The fraction of sp³-hybridized carbons (Fsp3) is 0.0769. The molecule has 0 radical (unpaired) electrons. The lowest BCUT2D eigenvalue weighted by Crippen LogP contribution is -2.15. The number of aryl methyl sites for hydroxylation is 1. The molecule has 0 aliphatic heterocycles. The van der Waals surface area contributed by atoms with E-state index in [-0.39, 0.29) is 17.1 Å². The van der Waals surface area contributed by atoms with Crippen molar-refractivity contribution >= 4 is 17.4 Å². The second-order valence-corrected chi connectivity index (χ2v) is 3.82. The van der Waals surface area contributed by atoms with E-state index in [2.05, 4.69) is 10.3 Å². The van der Waals surface area contributed by atoms with Crippen molar-refractivity contribution in [2.45, 2.75) is 6.92 Å². The molecular formula is C13H12FN3O. The van der Waals surface area contributed by atoms with E-state index < -0.39 is 11.7 Å². The maximum Gasteiger partial charge on any atom is 0.259 e. The molecule has 2 aromatic rings. The summed E-state index contributed by atoms with van der Waals surface area (Å²) in [4.78, 5) is 15.9. The Labute approximate surface area is 104 Å². The number of hydrogen-bond donors (Lipinski definition) is 2. The topological polar surface area (TPSA) is 68.0 Å². The van der Waals surface area contributed by atoms with Crippen LogP contribution in [0.1, 0.15) is 16.1 Å². The zero-order chi connectivity index (χ0) is 13.1. The summed E-state index contributed by atoms with van der Waals surface area (Å²) in [6.07, 6.45) is 0. The summed E-state index contributed by atoms with van der Waals surface area (Å²) < 4.78 is 13.4. The average Bonchev–Trinajstić information content (AvgIpc) is 2.32. The summed E-state index contributed by atoms with van der Waals surface area (Å²) >= 11 is 0. The molecule has 1 heterocycles. The van der Waals surface area contributed by atoms with Crippen molar-refractivity contribution in [3.63, 3.8) is 0 Å². The average molecular weight is 245 g/mol. The van der Waals surface area contributed by atoms with Crippen LogP contribution in [0.15, 0.2) is 36.4 Å². The number of carbonyl (C=O) groups is 1. The second kappa shape index (κ2) is 4.83. The molecule has 18 heavy (non-hydrogen) atoms. The van der Waals surface area contributed by atoms with Crippen molar-refractivity contribution in [2.75, 3.05) is 11.1 Å². The van der Waals surface area contributed by atoms with Gasteiger partial charge in [0.15, 0.2) is 0 Å². The minimum atomic E-state index is -0.496. The molecule has 5 heteroatoms. The van der Waals surface area contributed by atoms with E-state index in [9.17, 15) is 9.18 Å². The molecule has 1 aromatic heterocycles. The molecule has 0 saturated heterocycles. The summed E-state index contributed by atoms with van der Waals surface area (Å²) in [6.45, 7) is 1.77. The van der Waals surface area contributed by atoms with Crippen molar-refractivity contribution in [2.24, 2.45) is 0 Å². The maximum absolute atomic E-state index is 13.4. The molecule has 1 aromatic carbocycles. The number of carbonyl (C=O) groups excluding carboxylic acids is 1. The highest BCUT2D eigenvalue weighted by Gasteiger charge is 2.12. The van der Waals surface area contributed by atoms with Gasteiger partial charge >= 0.3 is 0 Å². The van der Waals surface area contributed by atoms with Crippen LogP contribution in [-0.2, 0) is 0 Å². The normalized spacial score (nSPS) is 10.1. The number of hydrogen-bond acceptors (Lipinski definition) is 3.